The van der Waals surface area contributed by atoms with Crippen LogP contribution in [0, 0.1) is 0 Å². The standard InChI is InChI=1S/C80H127NO8/c1-6-8-10-12-14-16-18-20-22-24-26-28-30-32-34-35-36-37-38-39-40-41-42-43-45-47-49-51-53-55-57-59-61-63-65-67-69-71-78(83)89-76(75-88-80(79(84)85)86-73-72-81(3,4)5)74-87-77(82)70-68-66-64-62-60-58-56-54-52-50-48-46-44-33-31-29-27-25-23-21-19-17-15-13-11-9-7-2/h8-11,14-17,20-23,26-29,32,34,36-37,39-40,42-43,47,49,53,55,59,61,76,80H,6-7,12-13,18-19,24-25,30-31,33,35,38,41,44-46,48,50-52,54,56-58,60,62-75H2,1-5H3/b10-8-,11-9-,16-14-,17-15-,22-20-,23-21-,28-26-,29-27-,34-32-,37-36-,40-39-,43-42-,49-47-,55-53-,61-59-. The molecule has 9 heteroatoms. The lowest BCUT2D eigenvalue weighted by molar-refractivity contribution is -0.870. The Labute approximate surface area is 545 Å². The summed E-state index contributed by atoms with van der Waals surface area (Å²) in [5, 5.41) is 11.8. The third-order valence-electron chi connectivity index (χ3n) is 14.1. The van der Waals surface area contributed by atoms with Gasteiger partial charge in [-0.05, 0) is 135 Å². The van der Waals surface area contributed by atoms with Crippen molar-refractivity contribution in [2.45, 2.75) is 257 Å². The molecule has 0 spiro atoms. The zero-order chi connectivity index (χ0) is 64.7. The fourth-order valence-electron chi connectivity index (χ4n) is 8.88. The van der Waals surface area contributed by atoms with Gasteiger partial charge < -0.3 is 33.3 Å². The van der Waals surface area contributed by atoms with Crippen molar-refractivity contribution in [2.75, 3.05) is 47.5 Å². The number of carbonyl (C=O) groups excluding carboxylic acids is 3. The van der Waals surface area contributed by atoms with Gasteiger partial charge in [-0.3, -0.25) is 9.59 Å². The van der Waals surface area contributed by atoms with Crippen LogP contribution in [0.1, 0.15) is 245 Å². The zero-order valence-electron chi connectivity index (χ0n) is 57.0. The molecule has 0 fully saturated rings. The van der Waals surface area contributed by atoms with E-state index < -0.39 is 24.3 Å². The summed E-state index contributed by atoms with van der Waals surface area (Å²) in [6, 6.07) is 0. The number of carboxylic acid groups (broad SMARTS) is 1. The van der Waals surface area contributed by atoms with Gasteiger partial charge in [-0.25, -0.2) is 0 Å². The first-order valence-electron chi connectivity index (χ1n) is 34.9. The average molecular weight is 1230 g/mol. The third kappa shape index (κ3) is 69.7. The summed E-state index contributed by atoms with van der Waals surface area (Å²) >= 11 is 0. The van der Waals surface area contributed by atoms with E-state index in [0.717, 1.165) is 135 Å². The summed E-state index contributed by atoms with van der Waals surface area (Å²) in [6.45, 7) is 4.47. The number of allylic oxidation sites excluding steroid dienone is 30. The Bertz CT molecular complexity index is 2120. The van der Waals surface area contributed by atoms with E-state index in [1.165, 1.54) is 77.0 Å². The van der Waals surface area contributed by atoms with Crippen LogP contribution in [0.2, 0.25) is 0 Å². The van der Waals surface area contributed by atoms with E-state index in [9.17, 15) is 19.5 Å². The second-order valence-electron chi connectivity index (χ2n) is 23.7. The van der Waals surface area contributed by atoms with Crippen molar-refractivity contribution in [3.8, 4) is 0 Å². The van der Waals surface area contributed by atoms with Crippen LogP contribution in [0.5, 0.6) is 0 Å². The summed E-state index contributed by atoms with van der Waals surface area (Å²) in [7, 11) is 5.90. The Morgan fingerprint density at radius 2 is 0.607 bits per heavy atom. The number of hydrogen-bond acceptors (Lipinski definition) is 8. The maximum absolute atomic E-state index is 12.9. The van der Waals surface area contributed by atoms with Gasteiger partial charge in [-0.2, -0.15) is 0 Å². The second kappa shape index (κ2) is 68.3. The molecule has 500 valence electrons. The SMILES string of the molecule is CC/C=C\C/C=C\C/C=C\C/C=C\C/C=C\C/C=C\C/C=C\C/C=C\C/C=C\C/C=C\C/C=C\CCCCCC(=O)OC(COC(=O)CCCCCCCCCCCCCCCC/C=C\C/C=C\C/C=C\C/C=C\CC)COC(OCC[N+](C)(C)C)C(=O)[O-]. The molecule has 0 aromatic heterocycles. The fourth-order valence-corrected chi connectivity index (χ4v) is 8.88. The lowest BCUT2D eigenvalue weighted by Crippen LogP contribution is -2.44. The molecular formula is C80H127NO8. The normalized spacial score (nSPS) is 13.9. The number of hydrogen-bond donors (Lipinski definition) is 0. The molecule has 0 aromatic rings. The van der Waals surface area contributed by atoms with Crippen molar-refractivity contribution in [3.63, 3.8) is 0 Å². The fraction of sp³-hybridized carbons (Fsp3) is 0.588. The number of rotatable bonds is 62. The van der Waals surface area contributed by atoms with Gasteiger partial charge in [-0.1, -0.05) is 280 Å². The monoisotopic (exact) mass is 1230 g/mol. The first-order valence-corrected chi connectivity index (χ1v) is 34.9. The highest BCUT2D eigenvalue weighted by Crippen LogP contribution is 2.15. The van der Waals surface area contributed by atoms with Gasteiger partial charge in [0.05, 0.1) is 40.3 Å². The van der Waals surface area contributed by atoms with Crippen LogP contribution >= 0.6 is 0 Å². The Hall–Kier alpha value is -5.61. The number of carboxylic acids is 1. The highest BCUT2D eigenvalue weighted by molar-refractivity contribution is 5.70. The van der Waals surface area contributed by atoms with E-state index in [1.54, 1.807) is 0 Å². The first kappa shape index (κ1) is 83.4. The second-order valence-corrected chi connectivity index (χ2v) is 23.7. The largest absolute Gasteiger partial charge is 0.545 e. The predicted molar refractivity (Wildman–Crippen MR) is 379 cm³/mol. The van der Waals surface area contributed by atoms with Crippen molar-refractivity contribution in [1.29, 1.82) is 0 Å². The lowest BCUT2D eigenvalue weighted by atomic mass is 10.0. The molecule has 0 heterocycles. The molecule has 0 N–H and O–H groups in total. The van der Waals surface area contributed by atoms with Crippen LogP contribution < -0.4 is 5.11 Å². The summed E-state index contributed by atoms with van der Waals surface area (Å²) in [6.07, 6.45) is 101. The molecule has 0 radical (unpaired) electrons. The first-order chi connectivity index (χ1) is 43.6. The molecule has 0 saturated heterocycles. The van der Waals surface area contributed by atoms with Gasteiger partial charge in [0.1, 0.15) is 13.2 Å². The number of unbranched alkanes of at least 4 members (excludes halogenated alkanes) is 17. The molecular weight excluding hydrogens is 1100 g/mol. The van der Waals surface area contributed by atoms with Crippen molar-refractivity contribution in [2.24, 2.45) is 0 Å². The number of ether oxygens (including phenoxy) is 4. The maximum atomic E-state index is 12.9. The molecule has 0 rings (SSSR count). The minimum Gasteiger partial charge on any atom is -0.545 e. The van der Waals surface area contributed by atoms with Crippen LogP contribution in [-0.4, -0.2) is 82.3 Å². The third-order valence-corrected chi connectivity index (χ3v) is 14.1. The summed E-state index contributed by atoms with van der Waals surface area (Å²) in [5.41, 5.74) is 0. The Kier molecular flexibility index (Phi) is 64.0. The van der Waals surface area contributed by atoms with Crippen LogP contribution in [0.25, 0.3) is 0 Å². The number of likely N-dealkylation sites (N-methyl/N-ethyl adjacent to an activating group) is 1. The van der Waals surface area contributed by atoms with Crippen molar-refractivity contribution in [3.05, 3.63) is 182 Å². The minimum atomic E-state index is -1.64. The molecule has 0 amide bonds. The average Bonchev–Trinajstić information content (AvgIpc) is 3.70. The minimum absolute atomic E-state index is 0.131. The van der Waals surface area contributed by atoms with Gasteiger partial charge in [-0.15, -0.1) is 0 Å². The van der Waals surface area contributed by atoms with E-state index in [0.29, 0.717) is 17.4 Å². The number of esters is 2. The molecule has 2 unspecified atom stereocenters. The number of quaternary nitrogens is 1. The molecule has 0 bridgehead atoms. The summed E-state index contributed by atoms with van der Waals surface area (Å²) in [4.78, 5) is 37.5. The molecule has 0 aliphatic heterocycles. The summed E-state index contributed by atoms with van der Waals surface area (Å²) in [5.74, 6) is -2.35. The van der Waals surface area contributed by atoms with Gasteiger partial charge in [0.2, 0.25) is 0 Å². The Balaban J connectivity index is 4.27. The van der Waals surface area contributed by atoms with Crippen LogP contribution in [0.15, 0.2) is 182 Å². The van der Waals surface area contributed by atoms with E-state index in [4.69, 9.17) is 18.9 Å². The number of carbonyl (C=O) groups is 3. The van der Waals surface area contributed by atoms with Crippen molar-refractivity contribution in [1.82, 2.24) is 0 Å². The van der Waals surface area contributed by atoms with E-state index in [-0.39, 0.29) is 38.6 Å². The highest BCUT2D eigenvalue weighted by Gasteiger charge is 2.22. The zero-order valence-corrected chi connectivity index (χ0v) is 57.0. The Morgan fingerprint density at radius 1 is 0.337 bits per heavy atom. The molecule has 2 atom stereocenters. The van der Waals surface area contributed by atoms with Crippen molar-refractivity contribution >= 4 is 17.9 Å². The van der Waals surface area contributed by atoms with Gasteiger partial charge >= 0.3 is 11.9 Å². The van der Waals surface area contributed by atoms with E-state index in [2.05, 4.69) is 196 Å². The smallest absolute Gasteiger partial charge is 0.306 e. The molecule has 0 aromatic carbocycles. The molecule has 0 saturated carbocycles. The van der Waals surface area contributed by atoms with Gasteiger partial charge in [0, 0.05) is 12.8 Å². The lowest BCUT2D eigenvalue weighted by Gasteiger charge is -2.26. The van der Waals surface area contributed by atoms with Crippen LogP contribution in [0.3, 0.4) is 0 Å². The molecule has 9 nitrogen and oxygen atoms in total. The highest BCUT2D eigenvalue weighted by atomic mass is 16.7. The quantitative estimate of drug-likeness (QED) is 0.0195. The summed E-state index contributed by atoms with van der Waals surface area (Å²) < 4.78 is 22.7. The maximum Gasteiger partial charge on any atom is 0.306 e. The number of nitrogens with zero attached hydrogens (tertiary/aromatic N) is 1. The van der Waals surface area contributed by atoms with Gasteiger partial charge in [0.15, 0.2) is 12.4 Å². The molecule has 0 aliphatic carbocycles. The van der Waals surface area contributed by atoms with E-state index >= 15 is 0 Å². The topological polar surface area (TPSA) is 111 Å². The number of aliphatic carboxylic acids is 1. The Morgan fingerprint density at radius 3 is 0.910 bits per heavy atom. The molecule has 89 heavy (non-hydrogen) atoms. The van der Waals surface area contributed by atoms with Gasteiger partial charge in [0.25, 0.3) is 0 Å². The van der Waals surface area contributed by atoms with Crippen LogP contribution in [0.4, 0.5) is 0 Å². The van der Waals surface area contributed by atoms with Crippen LogP contribution in [-0.2, 0) is 33.3 Å². The van der Waals surface area contributed by atoms with E-state index in [1.807, 2.05) is 21.1 Å². The van der Waals surface area contributed by atoms with Crippen molar-refractivity contribution < 1.29 is 42.9 Å². The molecule has 0 aliphatic rings. The predicted octanol–water partition coefficient (Wildman–Crippen LogP) is 20.7.